The fourth-order valence-electron chi connectivity index (χ4n) is 2.68. The molecule has 9 heteroatoms. The Hall–Kier alpha value is -2.55. The van der Waals surface area contributed by atoms with E-state index in [1.807, 2.05) is 0 Å². The Morgan fingerprint density at radius 2 is 2.04 bits per heavy atom. The van der Waals surface area contributed by atoms with E-state index >= 15 is 0 Å². The summed E-state index contributed by atoms with van der Waals surface area (Å²) in [4.78, 5) is 12.0. The van der Waals surface area contributed by atoms with Crippen molar-refractivity contribution >= 4 is 21.6 Å². The smallest absolute Gasteiger partial charge is 0.270 e. The fraction of sp³-hybridized carbons (Fsp3) is 0.333. The molecule has 1 aromatic carbocycles. The van der Waals surface area contributed by atoms with E-state index in [0.717, 1.165) is 4.31 Å². The molecule has 8 nitrogen and oxygen atoms in total. The number of hydrogen-bond donors (Lipinski definition) is 1. The first-order valence-corrected chi connectivity index (χ1v) is 8.73. The molecule has 1 amide bonds. The number of para-hydroxylation sites is 2. The molecule has 3 rings (SSSR count). The number of fused-ring (bicyclic) bond motifs is 1. The van der Waals surface area contributed by atoms with Crippen molar-refractivity contribution in [2.24, 2.45) is 0 Å². The standard InChI is InChI=1S/C15H17N3O5S/c1-9-14(10(2)23-17-9)24(20,21)18-8-13(15(19)16-3)22-12-7-5-4-6-11(12)18/h4-7,13H,8H2,1-3H3,(H,16,19). The van der Waals surface area contributed by atoms with Crippen LogP contribution >= 0.6 is 0 Å². The van der Waals surface area contributed by atoms with Gasteiger partial charge >= 0.3 is 0 Å². The second kappa shape index (κ2) is 5.82. The number of likely N-dealkylation sites (N-methyl/N-ethyl adjacent to an activating group) is 1. The molecule has 1 aromatic heterocycles. The van der Waals surface area contributed by atoms with Gasteiger partial charge in [-0.3, -0.25) is 9.10 Å². The van der Waals surface area contributed by atoms with Crippen molar-refractivity contribution in [1.29, 1.82) is 0 Å². The summed E-state index contributed by atoms with van der Waals surface area (Å²) >= 11 is 0. The highest BCUT2D eigenvalue weighted by Crippen LogP contribution is 2.37. The lowest BCUT2D eigenvalue weighted by molar-refractivity contribution is -0.127. The minimum Gasteiger partial charge on any atom is -0.476 e. The van der Waals surface area contributed by atoms with Crippen LogP contribution in [-0.4, -0.2) is 39.2 Å². The molecule has 128 valence electrons. The van der Waals surface area contributed by atoms with Gasteiger partial charge in [-0.05, 0) is 26.0 Å². The van der Waals surface area contributed by atoms with E-state index in [0.29, 0.717) is 11.4 Å². The third-order valence-corrected chi connectivity index (χ3v) is 5.81. The van der Waals surface area contributed by atoms with Gasteiger partial charge in [0.05, 0.1) is 12.2 Å². The maximum absolute atomic E-state index is 13.1. The normalized spacial score (nSPS) is 17.1. The SMILES string of the molecule is CNC(=O)C1CN(S(=O)(=O)c2c(C)noc2C)c2ccccc2O1. The monoisotopic (exact) mass is 351 g/mol. The predicted molar refractivity (Wildman–Crippen MR) is 85.4 cm³/mol. The molecule has 2 aromatic rings. The molecular formula is C15H17N3O5S. The molecular weight excluding hydrogens is 334 g/mol. The lowest BCUT2D eigenvalue weighted by atomic mass is 10.2. The second-order valence-electron chi connectivity index (χ2n) is 5.38. The number of nitrogens with zero attached hydrogens (tertiary/aromatic N) is 2. The van der Waals surface area contributed by atoms with Crippen LogP contribution in [0, 0.1) is 13.8 Å². The predicted octanol–water partition coefficient (Wildman–Crippen LogP) is 0.994. The molecule has 0 bridgehead atoms. The molecule has 0 aliphatic carbocycles. The van der Waals surface area contributed by atoms with Gasteiger partial charge in [0.25, 0.3) is 15.9 Å². The van der Waals surface area contributed by atoms with E-state index in [-0.39, 0.29) is 22.9 Å². The maximum Gasteiger partial charge on any atom is 0.270 e. The van der Waals surface area contributed by atoms with Crippen LogP contribution in [0.15, 0.2) is 33.7 Å². The average Bonchev–Trinajstić information content (AvgIpc) is 2.92. The van der Waals surface area contributed by atoms with Gasteiger partial charge in [0, 0.05) is 7.05 Å². The van der Waals surface area contributed by atoms with Crippen LogP contribution in [0.3, 0.4) is 0 Å². The third-order valence-electron chi connectivity index (χ3n) is 3.79. The summed E-state index contributed by atoms with van der Waals surface area (Å²) in [5, 5.41) is 6.19. The van der Waals surface area contributed by atoms with Gasteiger partial charge in [-0.1, -0.05) is 17.3 Å². The minimum atomic E-state index is -3.95. The molecule has 0 radical (unpaired) electrons. The van der Waals surface area contributed by atoms with Crippen molar-refractivity contribution in [1.82, 2.24) is 10.5 Å². The van der Waals surface area contributed by atoms with Gasteiger partial charge in [0.15, 0.2) is 16.8 Å². The number of aromatic nitrogens is 1. The molecule has 1 aliphatic heterocycles. The number of aryl methyl sites for hydroxylation is 2. The number of benzene rings is 1. The number of rotatable bonds is 3. The van der Waals surface area contributed by atoms with Crippen molar-refractivity contribution in [3.8, 4) is 5.75 Å². The molecule has 1 aliphatic rings. The Kier molecular flexibility index (Phi) is 3.96. The Labute approximate surface area is 139 Å². The minimum absolute atomic E-state index is 0.00913. The van der Waals surface area contributed by atoms with Gasteiger partial charge in [-0.2, -0.15) is 0 Å². The molecule has 0 saturated carbocycles. The van der Waals surface area contributed by atoms with Crippen LogP contribution in [0.5, 0.6) is 5.75 Å². The first-order valence-electron chi connectivity index (χ1n) is 7.29. The van der Waals surface area contributed by atoms with Crippen LogP contribution in [0.2, 0.25) is 0 Å². The van der Waals surface area contributed by atoms with Crippen molar-refractivity contribution in [2.75, 3.05) is 17.9 Å². The Morgan fingerprint density at radius 1 is 1.33 bits per heavy atom. The lowest BCUT2D eigenvalue weighted by Gasteiger charge is -2.34. The first-order chi connectivity index (χ1) is 11.4. The van der Waals surface area contributed by atoms with Crippen LogP contribution < -0.4 is 14.4 Å². The van der Waals surface area contributed by atoms with Crippen LogP contribution in [0.25, 0.3) is 0 Å². The van der Waals surface area contributed by atoms with Crippen molar-refractivity contribution in [3.63, 3.8) is 0 Å². The van der Waals surface area contributed by atoms with Crippen LogP contribution in [0.1, 0.15) is 11.5 Å². The molecule has 2 heterocycles. The van der Waals surface area contributed by atoms with E-state index < -0.39 is 22.0 Å². The summed E-state index contributed by atoms with van der Waals surface area (Å²) in [5.74, 6) is 0.129. The number of hydrogen-bond acceptors (Lipinski definition) is 6. The van der Waals surface area contributed by atoms with Crippen molar-refractivity contribution < 1.29 is 22.5 Å². The van der Waals surface area contributed by atoms with Gasteiger partial charge in [0.1, 0.15) is 11.4 Å². The largest absolute Gasteiger partial charge is 0.476 e. The molecule has 1 atom stereocenters. The Morgan fingerprint density at radius 3 is 2.67 bits per heavy atom. The number of sulfonamides is 1. The third kappa shape index (κ3) is 2.50. The number of anilines is 1. The van der Waals surface area contributed by atoms with E-state index in [2.05, 4.69) is 10.5 Å². The molecule has 0 spiro atoms. The van der Waals surface area contributed by atoms with Gasteiger partial charge in [-0.25, -0.2) is 8.42 Å². The van der Waals surface area contributed by atoms with Gasteiger partial charge in [-0.15, -0.1) is 0 Å². The van der Waals surface area contributed by atoms with Gasteiger partial charge in [0.2, 0.25) is 0 Å². The highest BCUT2D eigenvalue weighted by atomic mass is 32.2. The average molecular weight is 351 g/mol. The van der Waals surface area contributed by atoms with E-state index in [4.69, 9.17) is 9.26 Å². The highest BCUT2D eigenvalue weighted by molar-refractivity contribution is 7.93. The number of carbonyl (C=O) groups is 1. The summed E-state index contributed by atoms with van der Waals surface area (Å²) in [5.41, 5.74) is 0.644. The molecule has 1 unspecified atom stereocenters. The lowest BCUT2D eigenvalue weighted by Crippen LogP contribution is -2.50. The molecule has 0 fully saturated rings. The molecule has 0 saturated heterocycles. The van der Waals surface area contributed by atoms with E-state index in [1.54, 1.807) is 31.2 Å². The van der Waals surface area contributed by atoms with Gasteiger partial charge < -0.3 is 14.6 Å². The zero-order valence-electron chi connectivity index (χ0n) is 13.4. The number of ether oxygens (including phenoxy) is 1. The highest BCUT2D eigenvalue weighted by Gasteiger charge is 2.39. The fourth-order valence-corrected chi connectivity index (χ4v) is 4.45. The first kappa shape index (κ1) is 16.3. The maximum atomic E-state index is 13.1. The number of amides is 1. The quantitative estimate of drug-likeness (QED) is 0.885. The van der Waals surface area contributed by atoms with E-state index in [9.17, 15) is 13.2 Å². The van der Waals surface area contributed by atoms with Crippen molar-refractivity contribution in [2.45, 2.75) is 24.8 Å². The zero-order valence-corrected chi connectivity index (χ0v) is 14.3. The zero-order chi connectivity index (χ0) is 17.5. The molecule has 24 heavy (non-hydrogen) atoms. The second-order valence-corrected chi connectivity index (χ2v) is 7.18. The summed E-state index contributed by atoms with van der Waals surface area (Å²) < 4.78 is 38.1. The Bertz CT molecular complexity index is 871. The summed E-state index contributed by atoms with van der Waals surface area (Å²) in [6, 6.07) is 6.68. The van der Waals surface area contributed by atoms with Crippen LogP contribution in [0.4, 0.5) is 5.69 Å². The topological polar surface area (TPSA) is 102 Å². The summed E-state index contributed by atoms with van der Waals surface area (Å²) in [6.07, 6.45) is -0.944. The summed E-state index contributed by atoms with van der Waals surface area (Å²) in [7, 11) is -2.48. The van der Waals surface area contributed by atoms with E-state index in [1.165, 1.54) is 14.0 Å². The summed E-state index contributed by atoms with van der Waals surface area (Å²) in [6.45, 7) is 2.96. The van der Waals surface area contributed by atoms with Crippen molar-refractivity contribution in [3.05, 3.63) is 35.7 Å². The molecule has 1 N–H and O–H groups in total. The number of nitrogens with one attached hydrogen (secondary N) is 1. The number of carbonyl (C=O) groups excluding carboxylic acids is 1. The van der Waals surface area contributed by atoms with Crippen LogP contribution in [-0.2, 0) is 14.8 Å². The Balaban J connectivity index is 2.13.